The van der Waals surface area contributed by atoms with Gasteiger partial charge < -0.3 is 19.4 Å². The van der Waals surface area contributed by atoms with Crippen LogP contribution in [0.1, 0.15) is 39.7 Å². The summed E-state index contributed by atoms with van der Waals surface area (Å²) in [6.45, 7) is 1.81. The lowest BCUT2D eigenvalue weighted by atomic mass is 10.1. The molecule has 5 rings (SSSR count). The Morgan fingerprint density at radius 3 is 2.93 bits per heavy atom. The van der Waals surface area contributed by atoms with E-state index in [1.807, 2.05) is 23.6 Å². The van der Waals surface area contributed by atoms with E-state index < -0.39 is 0 Å². The Labute approximate surface area is 172 Å². The summed E-state index contributed by atoms with van der Waals surface area (Å²) in [6, 6.07) is 10.4. The van der Waals surface area contributed by atoms with E-state index in [0.29, 0.717) is 29.6 Å². The Morgan fingerprint density at radius 2 is 2.03 bits per heavy atom. The zero-order valence-electron chi connectivity index (χ0n) is 16.0. The van der Waals surface area contributed by atoms with Crippen LogP contribution < -0.4 is 14.8 Å². The number of carbonyl (C=O) groups excluding carboxylic acids is 1. The van der Waals surface area contributed by atoms with Gasteiger partial charge in [-0.05, 0) is 18.4 Å². The van der Waals surface area contributed by atoms with Crippen molar-refractivity contribution in [1.29, 1.82) is 0 Å². The van der Waals surface area contributed by atoms with Gasteiger partial charge in [0.1, 0.15) is 29.7 Å². The number of nitrogens with zero attached hydrogens (tertiary/aromatic N) is 3. The van der Waals surface area contributed by atoms with Crippen LogP contribution in [0.3, 0.4) is 0 Å². The Morgan fingerprint density at radius 1 is 1.17 bits per heavy atom. The second kappa shape index (κ2) is 7.87. The molecule has 8 heteroatoms. The van der Waals surface area contributed by atoms with Crippen molar-refractivity contribution in [2.24, 2.45) is 0 Å². The molecule has 0 saturated carbocycles. The van der Waals surface area contributed by atoms with Crippen LogP contribution in [0.5, 0.6) is 11.5 Å². The molecule has 2 aliphatic rings. The molecule has 1 amide bonds. The lowest BCUT2D eigenvalue weighted by Gasteiger charge is -2.18. The summed E-state index contributed by atoms with van der Waals surface area (Å²) in [7, 11) is 0. The van der Waals surface area contributed by atoms with Gasteiger partial charge in [-0.1, -0.05) is 30.3 Å². The molecular formula is C21H22N4O3S. The fraction of sp³-hybridized carbons (Fsp3) is 0.381. The predicted molar refractivity (Wildman–Crippen MR) is 109 cm³/mol. The van der Waals surface area contributed by atoms with Gasteiger partial charge in [0.25, 0.3) is 5.91 Å². The van der Waals surface area contributed by atoms with E-state index in [-0.39, 0.29) is 11.9 Å². The normalized spacial score (nSPS) is 18.0. The van der Waals surface area contributed by atoms with Gasteiger partial charge in [0.2, 0.25) is 0 Å². The highest BCUT2D eigenvalue weighted by Crippen LogP contribution is 2.39. The summed E-state index contributed by atoms with van der Waals surface area (Å²) in [5.74, 6) is 3.14. The molecule has 0 fully saturated rings. The molecule has 2 aromatic heterocycles. The highest BCUT2D eigenvalue weighted by atomic mass is 32.1. The number of nitrogens with one attached hydrogen (secondary N) is 1. The molecule has 0 bridgehead atoms. The Kier molecular flexibility index (Phi) is 4.93. The van der Waals surface area contributed by atoms with Crippen LogP contribution in [0.25, 0.3) is 0 Å². The standard InChI is InChI=1S/C21H22N4O3S/c26-21(20-19-16(13-29-20)27-10-11-28-19)22-15-6-7-17-23-24-18(25(17)9-8-15)12-14-4-2-1-3-5-14/h1-5,13,15H,6-12H2,(H,22,26). The minimum Gasteiger partial charge on any atom is -0.485 e. The number of ether oxygens (including phenoxy) is 2. The minimum atomic E-state index is -0.0890. The Balaban J connectivity index is 1.25. The van der Waals surface area contributed by atoms with Crippen LogP contribution in [0, 0.1) is 0 Å². The number of thiophene rings is 1. The molecule has 3 aromatic rings. The second-order valence-corrected chi connectivity index (χ2v) is 8.18. The van der Waals surface area contributed by atoms with Gasteiger partial charge >= 0.3 is 0 Å². The fourth-order valence-corrected chi connectivity index (χ4v) is 4.70. The van der Waals surface area contributed by atoms with E-state index in [0.717, 1.165) is 43.9 Å². The van der Waals surface area contributed by atoms with Crippen LogP contribution in [0.2, 0.25) is 0 Å². The van der Waals surface area contributed by atoms with Crippen LogP contribution in [-0.4, -0.2) is 39.9 Å². The zero-order chi connectivity index (χ0) is 19.6. The molecule has 1 aromatic carbocycles. The zero-order valence-corrected chi connectivity index (χ0v) is 16.8. The number of carbonyl (C=O) groups is 1. The smallest absolute Gasteiger partial charge is 0.265 e. The number of rotatable bonds is 4. The summed E-state index contributed by atoms with van der Waals surface area (Å²) in [5.41, 5.74) is 1.22. The van der Waals surface area contributed by atoms with Gasteiger partial charge in [0, 0.05) is 30.8 Å². The summed E-state index contributed by atoms with van der Waals surface area (Å²) in [5, 5.41) is 13.8. The molecule has 2 aliphatic heterocycles. The molecule has 1 unspecified atom stereocenters. The number of aromatic nitrogens is 3. The number of hydrogen-bond acceptors (Lipinski definition) is 6. The van der Waals surface area contributed by atoms with Crippen molar-refractivity contribution in [2.45, 2.75) is 38.3 Å². The van der Waals surface area contributed by atoms with Crippen molar-refractivity contribution in [3.05, 3.63) is 57.8 Å². The summed E-state index contributed by atoms with van der Waals surface area (Å²) in [4.78, 5) is 13.4. The third kappa shape index (κ3) is 3.72. The minimum absolute atomic E-state index is 0.0890. The van der Waals surface area contributed by atoms with Crippen LogP contribution in [0.15, 0.2) is 35.7 Å². The molecule has 29 heavy (non-hydrogen) atoms. The average Bonchev–Trinajstić information content (AvgIpc) is 3.29. The SMILES string of the molecule is O=C(NC1CCc2nnc(Cc3ccccc3)n2CC1)c1scc2c1OCCO2. The number of hydrogen-bond donors (Lipinski definition) is 1. The second-order valence-electron chi connectivity index (χ2n) is 7.30. The van der Waals surface area contributed by atoms with Crippen molar-refractivity contribution in [3.8, 4) is 11.5 Å². The number of amides is 1. The average molecular weight is 410 g/mol. The highest BCUT2D eigenvalue weighted by Gasteiger charge is 2.26. The highest BCUT2D eigenvalue weighted by molar-refractivity contribution is 7.12. The number of fused-ring (bicyclic) bond motifs is 2. The lowest BCUT2D eigenvalue weighted by Crippen LogP contribution is -2.35. The maximum Gasteiger partial charge on any atom is 0.265 e. The number of aryl methyl sites for hydroxylation is 1. The topological polar surface area (TPSA) is 78.3 Å². The third-order valence-corrected chi connectivity index (χ3v) is 6.31. The Bertz CT molecular complexity index is 1010. The summed E-state index contributed by atoms with van der Waals surface area (Å²) in [6.07, 6.45) is 3.27. The van der Waals surface area contributed by atoms with Crippen molar-refractivity contribution in [2.75, 3.05) is 13.2 Å². The van der Waals surface area contributed by atoms with E-state index in [9.17, 15) is 4.79 Å². The fourth-order valence-electron chi connectivity index (χ4n) is 3.87. The van der Waals surface area contributed by atoms with E-state index in [1.54, 1.807) is 0 Å². The number of benzene rings is 1. The first kappa shape index (κ1) is 18.2. The van der Waals surface area contributed by atoms with Gasteiger partial charge in [0.15, 0.2) is 11.5 Å². The maximum absolute atomic E-state index is 12.8. The van der Waals surface area contributed by atoms with Crippen LogP contribution in [-0.2, 0) is 19.4 Å². The van der Waals surface area contributed by atoms with Gasteiger partial charge in [-0.3, -0.25) is 4.79 Å². The molecule has 7 nitrogen and oxygen atoms in total. The molecule has 150 valence electrons. The van der Waals surface area contributed by atoms with Gasteiger partial charge in [-0.25, -0.2) is 0 Å². The van der Waals surface area contributed by atoms with Crippen molar-refractivity contribution < 1.29 is 14.3 Å². The van der Waals surface area contributed by atoms with E-state index in [4.69, 9.17) is 9.47 Å². The predicted octanol–water partition coefficient (Wildman–Crippen LogP) is 2.84. The molecule has 1 N–H and O–H groups in total. The van der Waals surface area contributed by atoms with Crippen molar-refractivity contribution in [1.82, 2.24) is 20.1 Å². The van der Waals surface area contributed by atoms with Crippen LogP contribution in [0.4, 0.5) is 0 Å². The molecule has 0 radical (unpaired) electrons. The van der Waals surface area contributed by atoms with E-state index in [2.05, 4.69) is 32.2 Å². The first-order chi connectivity index (χ1) is 14.3. The first-order valence-electron chi connectivity index (χ1n) is 9.91. The quantitative estimate of drug-likeness (QED) is 0.716. The first-order valence-corrected chi connectivity index (χ1v) is 10.8. The Hall–Kier alpha value is -2.87. The van der Waals surface area contributed by atoms with E-state index in [1.165, 1.54) is 16.9 Å². The van der Waals surface area contributed by atoms with Crippen molar-refractivity contribution in [3.63, 3.8) is 0 Å². The molecule has 0 aliphatic carbocycles. The van der Waals surface area contributed by atoms with Gasteiger partial charge in [-0.2, -0.15) is 0 Å². The maximum atomic E-state index is 12.8. The molecular weight excluding hydrogens is 388 g/mol. The summed E-state index contributed by atoms with van der Waals surface area (Å²) < 4.78 is 13.4. The third-order valence-electron chi connectivity index (χ3n) is 5.37. The lowest BCUT2D eigenvalue weighted by molar-refractivity contribution is 0.0928. The largest absolute Gasteiger partial charge is 0.485 e. The molecule has 1 atom stereocenters. The molecule has 4 heterocycles. The van der Waals surface area contributed by atoms with Gasteiger partial charge in [0.05, 0.1) is 0 Å². The van der Waals surface area contributed by atoms with Crippen LogP contribution >= 0.6 is 11.3 Å². The molecule has 0 spiro atoms. The monoisotopic (exact) mass is 410 g/mol. The van der Waals surface area contributed by atoms with E-state index >= 15 is 0 Å². The van der Waals surface area contributed by atoms with Gasteiger partial charge in [-0.15, -0.1) is 21.5 Å². The summed E-state index contributed by atoms with van der Waals surface area (Å²) >= 11 is 1.37. The molecule has 0 saturated heterocycles. The van der Waals surface area contributed by atoms with Crippen molar-refractivity contribution >= 4 is 17.2 Å².